The Hall–Kier alpha value is -3.49. The van der Waals surface area contributed by atoms with Gasteiger partial charge in [0.2, 0.25) is 0 Å². The van der Waals surface area contributed by atoms with Gasteiger partial charge in [-0.3, -0.25) is 13.8 Å². The second kappa shape index (κ2) is 14.6. The molecule has 4 aliphatic rings. The number of likely N-dealkylation sites (N-methyl/N-ethyl adjacent to an activating group) is 2. The molecule has 2 atom stereocenters. The lowest BCUT2D eigenvalue weighted by atomic mass is 9.95. The van der Waals surface area contributed by atoms with E-state index in [1.54, 1.807) is 24.3 Å². The number of fused-ring (bicyclic) bond motifs is 2. The maximum Gasteiger partial charge on any atom is 0.297 e. The molecule has 2 fully saturated rings. The topological polar surface area (TPSA) is 142 Å². The van der Waals surface area contributed by atoms with Crippen LogP contribution < -0.4 is 0 Å². The van der Waals surface area contributed by atoms with E-state index in [-0.39, 0.29) is 22.8 Å². The van der Waals surface area contributed by atoms with Crippen molar-refractivity contribution in [1.82, 2.24) is 29.6 Å². The smallest absolute Gasteiger partial charge is 0.297 e. The molecule has 0 spiro atoms. The van der Waals surface area contributed by atoms with Crippen molar-refractivity contribution in [2.75, 3.05) is 66.5 Å². The molecule has 0 saturated carbocycles. The molecule has 260 valence electrons. The minimum atomic E-state index is -3.80. The van der Waals surface area contributed by atoms with E-state index in [1.807, 2.05) is 28.9 Å². The fraction of sp³-hybridized carbons (Fsp3) is 0.543. The third-order valence-corrected chi connectivity index (χ3v) is 11.3. The molecule has 7 rings (SSSR count). The predicted molar refractivity (Wildman–Crippen MR) is 182 cm³/mol. The summed E-state index contributed by atoms with van der Waals surface area (Å²) >= 11 is 0. The number of nitrogens with one attached hydrogen (secondary N) is 2. The average Bonchev–Trinajstić information content (AvgIpc) is 3.69. The molecular formula is C35H48N6O6S. The number of aliphatic hydroxyl groups excluding tert-OH is 1. The third-order valence-electron chi connectivity index (χ3n) is 9.94. The van der Waals surface area contributed by atoms with Gasteiger partial charge in [0, 0.05) is 76.6 Å². The first-order chi connectivity index (χ1) is 22.9. The van der Waals surface area contributed by atoms with Crippen LogP contribution in [-0.2, 0) is 40.0 Å². The minimum absolute atomic E-state index is 0.0113. The zero-order valence-corrected chi connectivity index (χ0v) is 29.0. The van der Waals surface area contributed by atoms with E-state index in [0.717, 1.165) is 93.3 Å². The zero-order valence-electron chi connectivity index (χ0n) is 28.2. The van der Waals surface area contributed by atoms with Crippen LogP contribution in [0.25, 0.3) is 0 Å². The van der Waals surface area contributed by atoms with Crippen molar-refractivity contribution >= 4 is 21.9 Å². The fourth-order valence-corrected chi connectivity index (χ4v) is 7.93. The molecule has 2 aromatic heterocycles. The monoisotopic (exact) mass is 680 g/mol. The first kappa shape index (κ1) is 34.4. The number of amides is 2. The normalized spacial score (nSPS) is 22.0. The van der Waals surface area contributed by atoms with E-state index in [1.165, 1.54) is 0 Å². The number of carbonyl (C=O) groups is 2. The molecule has 0 radical (unpaired) electrons. The quantitative estimate of drug-likeness (QED) is 0.349. The number of aromatic nitrogens is 2. The molecule has 3 N–H and O–H groups in total. The Morgan fingerprint density at radius 1 is 0.750 bits per heavy atom. The summed E-state index contributed by atoms with van der Waals surface area (Å²) < 4.78 is 30.7. The number of carbonyl (C=O) groups excluding carboxylic acids is 2. The van der Waals surface area contributed by atoms with Crippen molar-refractivity contribution in [3.8, 4) is 0 Å². The highest BCUT2D eigenvalue weighted by atomic mass is 32.2. The predicted octanol–water partition coefficient (Wildman–Crippen LogP) is 2.23. The molecular weight excluding hydrogens is 632 g/mol. The number of hydrogen-bond acceptors (Lipinski definition) is 8. The molecule has 0 bridgehead atoms. The number of aliphatic hydroxyl groups is 1. The lowest BCUT2D eigenvalue weighted by molar-refractivity contribution is 0.0652. The molecule has 12 nitrogen and oxygen atoms in total. The van der Waals surface area contributed by atoms with E-state index >= 15 is 0 Å². The standard InChI is InChI=1S/C21H27N3O4S.C14H21N3O2/c1-15-3-6-18(7-4-15)29(26,27)28-17-5-8-19-16(13-17)14-20(22-19)21(25)24-11-9-23(2)10-12-24;1-16-4-6-17(7-5-16)14(19)13-9-10-8-11(18)2-3-12(10)15-13/h3-4,6-7,14,17,22H,5,8-13H2,1-2H3;9,11,15,18H,2-8H2,1H3. The van der Waals surface area contributed by atoms with Crippen molar-refractivity contribution in [2.45, 2.75) is 62.6 Å². The molecule has 13 heteroatoms. The van der Waals surface area contributed by atoms with Crippen LogP contribution in [0.1, 0.15) is 61.9 Å². The maximum atomic E-state index is 12.8. The number of H-pyrrole nitrogens is 2. The summed E-state index contributed by atoms with van der Waals surface area (Å²) in [6.07, 6.45) is 3.36. The van der Waals surface area contributed by atoms with Crippen LogP contribution >= 0.6 is 0 Å². The second-order valence-corrected chi connectivity index (χ2v) is 15.3. The van der Waals surface area contributed by atoms with Crippen molar-refractivity contribution in [1.29, 1.82) is 0 Å². The largest absolute Gasteiger partial charge is 0.393 e. The van der Waals surface area contributed by atoms with Crippen LogP contribution in [-0.4, -0.2) is 134 Å². The van der Waals surface area contributed by atoms with Crippen molar-refractivity contribution in [2.24, 2.45) is 0 Å². The fourth-order valence-electron chi connectivity index (χ4n) is 6.82. The highest BCUT2D eigenvalue weighted by molar-refractivity contribution is 7.86. The second-order valence-electron chi connectivity index (χ2n) is 13.7. The number of aryl methyl sites for hydroxylation is 3. The van der Waals surface area contributed by atoms with Crippen LogP contribution in [0.15, 0.2) is 41.3 Å². The van der Waals surface area contributed by atoms with Crippen molar-refractivity contribution in [3.05, 3.63) is 75.9 Å². The lowest BCUT2D eigenvalue weighted by Gasteiger charge is -2.32. The van der Waals surface area contributed by atoms with Gasteiger partial charge < -0.3 is 34.7 Å². The summed E-state index contributed by atoms with van der Waals surface area (Å²) in [4.78, 5) is 40.1. The summed E-state index contributed by atoms with van der Waals surface area (Å²) in [7, 11) is 0.334. The maximum absolute atomic E-state index is 12.8. The first-order valence-electron chi connectivity index (χ1n) is 17.0. The molecule has 3 aromatic rings. The van der Waals surface area contributed by atoms with E-state index in [9.17, 15) is 23.1 Å². The number of rotatable bonds is 5. The molecule has 4 heterocycles. The number of piperazine rings is 2. The van der Waals surface area contributed by atoms with Gasteiger partial charge in [-0.05, 0) is 82.1 Å². The van der Waals surface area contributed by atoms with Crippen LogP contribution in [0.3, 0.4) is 0 Å². The highest BCUT2D eigenvalue weighted by Crippen LogP contribution is 2.28. The van der Waals surface area contributed by atoms with Crippen molar-refractivity contribution in [3.63, 3.8) is 0 Å². The van der Waals surface area contributed by atoms with E-state index in [0.29, 0.717) is 37.1 Å². The van der Waals surface area contributed by atoms with Gasteiger partial charge in [-0.15, -0.1) is 0 Å². The summed E-state index contributed by atoms with van der Waals surface area (Å²) in [5.74, 6) is 0.106. The summed E-state index contributed by atoms with van der Waals surface area (Å²) in [5.41, 5.74) is 6.48. The van der Waals surface area contributed by atoms with Crippen LogP contribution in [0, 0.1) is 6.92 Å². The summed E-state index contributed by atoms with van der Waals surface area (Å²) in [6.45, 7) is 8.56. The Labute approximate surface area is 283 Å². The molecule has 2 aliphatic heterocycles. The SMILES string of the molecule is CN1CCN(C(=O)c2cc3c([nH]2)CCC(O)C3)CC1.Cc1ccc(S(=O)(=O)OC2CCc3[nH]c(C(=O)N4CCN(C)CC4)cc3C2)cc1. The Kier molecular flexibility index (Phi) is 10.4. The molecule has 2 amide bonds. The number of hydrogen-bond donors (Lipinski definition) is 3. The van der Waals surface area contributed by atoms with Gasteiger partial charge in [0.25, 0.3) is 21.9 Å². The first-order valence-corrected chi connectivity index (χ1v) is 18.4. The van der Waals surface area contributed by atoms with Crippen LogP contribution in [0.5, 0.6) is 0 Å². The number of aromatic amines is 2. The Balaban J connectivity index is 0.000000182. The zero-order chi connectivity index (χ0) is 34.0. The van der Waals surface area contributed by atoms with Gasteiger partial charge >= 0.3 is 0 Å². The van der Waals surface area contributed by atoms with Crippen LogP contribution in [0.2, 0.25) is 0 Å². The molecule has 2 aliphatic carbocycles. The summed E-state index contributed by atoms with van der Waals surface area (Å²) in [6, 6.07) is 10.5. The van der Waals surface area contributed by atoms with Crippen molar-refractivity contribution < 1.29 is 27.3 Å². The van der Waals surface area contributed by atoms with Crippen LogP contribution in [0.4, 0.5) is 0 Å². The van der Waals surface area contributed by atoms with Gasteiger partial charge in [-0.1, -0.05) is 17.7 Å². The van der Waals surface area contributed by atoms with Gasteiger partial charge in [0.15, 0.2) is 0 Å². The summed E-state index contributed by atoms with van der Waals surface area (Å²) in [5, 5.41) is 9.67. The Morgan fingerprint density at radius 2 is 1.23 bits per heavy atom. The highest BCUT2D eigenvalue weighted by Gasteiger charge is 2.30. The van der Waals surface area contributed by atoms with Gasteiger partial charge in [0.1, 0.15) is 11.4 Å². The molecule has 2 unspecified atom stereocenters. The number of nitrogens with zero attached hydrogens (tertiary/aromatic N) is 4. The number of benzene rings is 1. The average molecular weight is 681 g/mol. The minimum Gasteiger partial charge on any atom is -0.393 e. The van der Waals surface area contributed by atoms with Gasteiger partial charge in [-0.25, -0.2) is 0 Å². The van der Waals surface area contributed by atoms with E-state index in [2.05, 4.69) is 33.9 Å². The van der Waals surface area contributed by atoms with Gasteiger partial charge in [-0.2, -0.15) is 8.42 Å². The molecule has 2 saturated heterocycles. The van der Waals surface area contributed by atoms with Gasteiger partial charge in [0.05, 0.1) is 17.1 Å². The Bertz CT molecular complexity index is 1700. The van der Waals surface area contributed by atoms with E-state index < -0.39 is 16.2 Å². The third kappa shape index (κ3) is 8.03. The lowest BCUT2D eigenvalue weighted by Crippen LogP contribution is -2.47. The van der Waals surface area contributed by atoms with E-state index in [4.69, 9.17) is 4.18 Å². The Morgan fingerprint density at radius 3 is 1.75 bits per heavy atom. The molecule has 48 heavy (non-hydrogen) atoms. The molecule has 1 aromatic carbocycles.